The van der Waals surface area contributed by atoms with E-state index in [4.69, 9.17) is 0 Å². The first-order valence-corrected chi connectivity index (χ1v) is 9.19. The summed E-state index contributed by atoms with van der Waals surface area (Å²) < 4.78 is 13.0. The Balaban J connectivity index is 1.23. The van der Waals surface area contributed by atoms with Crippen LogP contribution in [0.4, 0.5) is 10.1 Å². The Morgan fingerprint density at radius 2 is 1.83 bits per heavy atom. The van der Waals surface area contributed by atoms with Gasteiger partial charge in [-0.1, -0.05) is 6.42 Å². The first-order chi connectivity index (χ1) is 11.7. The van der Waals surface area contributed by atoms with E-state index < -0.39 is 0 Å². The lowest BCUT2D eigenvalue weighted by atomic mass is 9.95. The molecular formula is C19H26FN3O. The Kier molecular flexibility index (Phi) is 4.44. The largest absolute Gasteiger partial charge is 0.369 e. The molecule has 4 nitrogen and oxygen atoms in total. The molecule has 2 saturated carbocycles. The third-order valence-electron chi connectivity index (χ3n) is 6.02. The first kappa shape index (κ1) is 15.9. The lowest BCUT2D eigenvalue weighted by Crippen LogP contribution is -2.51. The fraction of sp³-hybridized carbons (Fsp3) is 0.632. The highest BCUT2D eigenvalue weighted by atomic mass is 19.1. The van der Waals surface area contributed by atoms with Crippen molar-refractivity contribution in [1.82, 2.24) is 10.2 Å². The number of piperazine rings is 1. The highest BCUT2D eigenvalue weighted by molar-refractivity contribution is 5.78. The van der Waals surface area contributed by atoms with Gasteiger partial charge < -0.3 is 10.2 Å². The van der Waals surface area contributed by atoms with Gasteiger partial charge in [0.2, 0.25) is 5.91 Å². The maximum Gasteiger partial charge on any atom is 0.234 e. The fourth-order valence-corrected chi connectivity index (χ4v) is 4.69. The van der Waals surface area contributed by atoms with Crippen LogP contribution < -0.4 is 10.2 Å². The molecule has 4 rings (SSSR count). The molecule has 1 saturated heterocycles. The van der Waals surface area contributed by atoms with E-state index in [2.05, 4.69) is 15.1 Å². The Hall–Kier alpha value is -1.62. The molecule has 1 N–H and O–H groups in total. The molecule has 1 amide bonds. The number of nitrogens with zero attached hydrogens (tertiary/aromatic N) is 2. The zero-order valence-electron chi connectivity index (χ0n) is 14.1. The number of anilines is 1. The van der Waals surface area contributed by atoms with Gasteiger partial charge in [0.15, 0.2) is 0 Å². The standard InChI is InChI=1S/C19H26FN3O/c20-16-3-5-17(6-4-16)23-9-7-22(8-10-23)13-19(24)21-18-12-14-1-2-15(18)11-14/h3-6,14-15,18H,1-2,7-13H2,(H,21,24)/t14-,15-,18+/m1/s1. The zero-order chi connectivity index (χ0) is 16.5. The summed E-state index contributed by atoms with van der Waals surface area (Å²) in [6.45, 7) is 4.02. The number of fused-ring (bicyclic) bond motifs is 2. The second kappa shape index (κ2) is 6.71. The summed E-state index contributed by atoms with van der Waals surface area (Å²) in [5, 5.41) is 3.27. The van der Waals surface area contributed by atoms with E-state index in [1.807, 2.05) is 12.1 Å². The van der Waals surface area contributed by atoms with Crippen LogP contribution >= 0.6 is 0 Å². The average Bonchev–Trinajstić information content (AvgIpc) is 3.19. The van der Waals surface area contributed by atoms with Gasteiger partial charge in [-0.25, -0.2) is 4.39 Å². The molecule has 1 aliphatic heterocycles. The van der Waals surface area contributed by atoms with E-state index in [-0.39, 0.29) is 11.7 Å². The molecule has 0 radical (unpaired) electrons. The number of carbonyl (C=O) groups is 1. The second-order valence-corrected chi connectivity index (χ2v) is 7.59. The number of halogens is 1. The summed E-state index contributed by atoms with van der Waals surface area (Å²) in [7, 11) is 0. The van der Waals surface area contributed by atoms with Crippen molar-refractivity contribution in [2.24, 2.45) is 11.8 Å². The van der Waals surface area contributed by atoms with Gasteiger partial charge >= 0.3 is 0 Å². The van der Waals surface area contributed by atoms with Gasteiger partial charge in [0.25, 0.3) is 0 Å². The van der Waals surface area contributed by atoms with Gasteiger partial charge in [-0.15, -0.1) is 0 Å². The molecule has 24 heavy (non-hydrogen) atoms. The third kappa shape index (κ3) is 3.41. The van der Waals surface area contributed by atoms with Crippen LogP contribution in [0, 0.1) is 17.7 Å². The van der Waals surface area contributed by atoms with Crippen LogP contribution in [0.2, 0.25) is 0 Å². The lowest BCUT2D eigenvalue weighted by molar-refractivity contribution is -0.123. The number of hydrogen-bond acceptors (Lipinski definition) is 3. The minimum Gasteiger partial charge on any atom is -0.369 e. The molecule has 1 heterocycles. The predicted molar refractivity (Wildman–Crippen MR) is 92.4 cm³/mol. The van der Waals surface area contributed by atoms with Crippen molar-refractivity contribution < 1.29 is 9.18 Å². The van der Waals surface area contributed by atoms with Gasteiger partial charge in [0.1, 0.15) is 5.82 Å². The average molecular weight is 331 g/mol. The van der Waals surface area contributed by atoms with Gasteiger partial charge in [0.05, 0.1) is 6.54 Å². The Morgan fingerprint density at radius 3 is 2.46 bits per heavy atom. The molecular weight excluding hydrogens is 305 g/mol. The van der Waals surface area contributed by atoms with Crippen LogP contribution in [-0.4, -0.2) is 49.6 Å². The van der Waals surface area contributed by atoms with E-state index in [9.17, 15) is 9.18 Å². The van der Waals surface area contributed by atoms with E-state index in [0.717, 1.165) is 43.7 Å². The topological polar surface area (TPSA) is 35.6 Å². The van der Waals surface area contributed by atoms with Crippen LogP contribution in [0.5, 0.6) is 0 Å². The number of carbonyl (C=O) groups excluding carboxylic acids is 1. The monoisotopic (exact) mass is 331 g/mol. The van der Waals surface area contributed by atoms with Crippen LogP contribution in [0.1, 0.15) is 25.7 Å². The van der Waals surface area contributed by atoms with Crippen LogP contribution in [0.15, 0.2) is 24.3 Å². The number of amides is 1. The minimum atomic E-state index is -0.199. The maximum absolute atomic E-state index is 13.0. The molecule has 3 aliphatic rings. The number of nitrogens with one attached hydrogen (secondary N) is 1. The molecule has 3 fully saturated rings. The van der Waals surface area contributed by atoms with Gasteiger partial charge in [0, 0.05) is 37.9 Å². The SMILES string of the molecule is O=C(CN1CCN(c2ccc(F)cc2)CC1)N[C@H]1C[C@@H]2CC[C@@H]1C2. The van der Waals surface area contributed by atoms with Crippen molar-refractivity contribution in [2.45, 2.75) is 31.7 Å². The van der Waals surface area contributed by atoms with Crippen LogP contribution in [0.3, 0.4) is 0 Å². The van der Waals surface area contributed by atoms with Gasteiger partial charge in [-0.05, 0) is 55.4 Å². The van der Waals surface area contributed by atoms with Gasteiger partial charge in [-0.2, -0.15) is 0 Å². The summed E-state index contributed by atoms with van der Waals surface area (Å²) in [5.41, 5.74) is 1.06. The summed E-state index contributed by atoms with van der Waals surface area (Å²) in [4.78, 5) is 16.8. The molecule has 0 unspecified atom stereocenters. The van der Waals surface area contributed by atoms with Crippen molar-refractivity contribution in [1.29, 1.82) is 0 Å². The number of rotatable bonds is 4. The van der Waals surface area contributed by atoms with E-state index in [1.54, 1.807) is 0 Å². The second-order valence-electron chi connectivity index (χ2n) is 7.59. The summed E-state index contributed by atoms with van der Waals surface area (Å²) in [6.07, 6.45) is 5.17. The molecule has 0 spiro atoms. The molecule has 2 bridgehead atoms. The Morgan fingerprint density at radius 1 is 1.08 bits per heavy atom. The van der Waals surface area contributed by atoms with Crippen molar-refractivity contribution in [3.8, 4) is 0 Å². The minimum absolute atomic E-state index is 0.183. The normalized spacial score (nSPS) is 29.9. The first-order valence-electron chi connectivity index (χ1n) is 9.19. The van der Waals surface area contributed by atoms with Crippen LogP contribution in [0.25, 0.3) is 0 Å². The molecule has 3 atom stereocenters. The molecule has 1 aromatic rings. The summed E-state index contributed by atoms with van der Waals surface area (Å²) in [5.74, 6) is 1.58. The molecule has 0 aromatic heterocycles. The maximum atomic E-state index is 13.0. The quantitative estimate of drug-likeness (QED) is 0.919. The van der Waals surface area contributed by atoms with Crippen molar-refractivity contribution in [3.05, 3.63) is 30.1 Å². The molecule has 1 aromatic carbocycles. The van der Waals surface area contributed by atoms with Crippen LogP contribution in [-0.2, 0) is 4.79 Å². The Bertz CT molecular complexity index is 583. The Labute approximate surface area is 143 Å². The highest BCUT2D eigenvalue weighted by Crippen LogP contribution is 2.44. The predicted octanol–water partition coefficient (Wildman–Crippen LogP) is 2.25. The van der Waals surface area contributed by atoms with Crippen molar-refractivity contribution >= 4 is 11.6 Å². The van der Waals surface area contributed by atoms with Crippen molar-refractivity contribution in [2.75, 3.05) is 37.6 Å². The molecule has 2 aliphatic carbocycles. The highest BCUT2D eigenvalue weighted by Gasteiger charge is 2.40. The summed E-state index contributed by atoms with van der Waals surface area (Å²) in [6, 6.07) is 7.09. The molecule has 5 heteroatoms. The lowest BCUT2D eigenvalue weighted by Gasteiger charge is -2.36. The fourth-order valence-electron chi connectivity index (χ4n) is 4.69. The smallest absolute Gasteiger partial charge is 0.234 e. The van der Waals surface area contributed by atoms with Crippen molar-refractivity contribution in [3.63, 3.8) is 0 Å². The van der Waals surface area contributed by atoms with E-state index in [0.29, 0.717) is 12.6 Å². The zero-order valence-corrected chi connectivity index (χ0v) is 14.1. The number of benzene rings is 1. The number of hydrogen-bond donors (Lipinski definition) is 1. The van der Waals surface area contributed by atoms with E-state index in [1.165, 1.54) is 37.8 Å². The van der Waals surface area contributed by atoms with E-state index >= 15 is 0 Å². The van der Waals surface area contributed by atoms with Gasteiger partial charge in [-0.3, -0.25) is 9.69 Å². The summed E-state index contributed by atoms with van der Waals surface area (Å²) >= 11 is 0. The third-order valence-corrected chi connectivity index (χ3v) is 6.02. The molecule has 130 valence electrons.